The number of anilines is 2. The second kappa shape index (κ2) is 6.85. The van der Waals surface area contributed by atoms with Crippen LogP contribution in [0.3, 0.4) is 0 Å². The van der Waals surface area contributed by atoms with Crippen molar-refractivity contribution in [3.8, 4) is 0 Å². The lowest BCUT2D eigenvalue weighted by molar-refractivity contribution is -0.116. The van der Waals surface area contributed by atoms with Gasteiger partial charge in [-0.3, -0.25) is 9.59 Å². The van der Waals surface area contributed by atoms with E-state index >= 15 is 0 Å². The van der Waals surface area contributed by atoms with Gasteiger partial charge in [-0.1, -0.05) is 29.8 Å². The van der Waals surface area contributed by atoms with Crippen LogP contribution >= 0.6 is 0 Å². The first-order valence-electron chi connectivity index (χ1n) is 7.08. The molecule has 0 aliphatic carbocycles. The van der Waals surface area contributed by atoms with Gasteiger partial charge in [0.1, 0.15) is 5.82 Å². The monoisotopic (exact) mass is 297 g/mol. The fraction of sp³-hybridized carbons (Fsp3) is 0.235. The van der Waals surface area contributed by atoms with Crippen LogP contribution in [-0.2, 0) is 4.79 Å². The molecule has 5 heteroatoms. The highest BCUT2D eigenvalue weighted by Crippen LogP contribution is 2.13. The first-order valence-corrected chi connectivity index (χ1v) is 7.08. The van der Waals surface area contributed by atoms with E-state index in [0.29, 0.717) is 22.8 Å². The number of hydrogen-bond acceptors (Lipinski definition) is 4. The van der Waals surface area contributed by atoms with E-state index in [4.69, 9.17) is 5.73 Å². The van der Waals surface area contributed by atoms with Crippen LogP contribution < -0.4 is 11.1 Å². The number of nitrogens with one attached hydrogen (secondary N) is 1. The van der Waals surface area contributed by atoms with Crippen LogP contribution in [0, 0.1) is 13.8 Å². The summed E-state index contributed by atoms with van der Waals surface area (Å²) in [5.41, 5.74) is 8.63. The molecule has 3 N–H and O–H groups in total. The number of aryl methyl sites for hydroxylation is 2. The summed E-state index contributed by atoms with van der Waals surface area (Å²) < 4.78 is 0. The molecule has 114 valence electrons. The molecule has 2 rings (SSSR count). The van der Waals surface area contributed by atoms with Gasteiger partial charge in [-0.25, -0.2) is 4.98 Å². The number of Topliss-reactive ketones (excluding diaryl/α,β-unsaturated/α-hetero) is 1. The first kappa shape index (κ1) is 15.7. The van der Waals surface area contributed by atoms with Crippen LogP contribution in [0.15, 0.2) is 36.4 Å². The summed E-state index contributed by atoms with van der Waals surface area (Å²) in [5, 5.41) is 2.67. The summed E-state index contributed by atoms with van der Waals surface area (Å²) in [6.07, 6.45) is 0.292. The average Bonchev–Trinajstić information content (AvgIpc) is 2.49. The lowest BCUT2D eigenvalue weighted by Gasteiger charge is -2.06. The normalized spacial score (nSPS) is 10.3. The Kier molecular flexibility index (Phi) is 4.88. The molecule has 0 saturated carbocycles. The molecule has 0 radical (unpaired) electrons. The van der Waals surface area contributed by atoms with Gasteiger partial charge < -0.3 is 11.1 Å². The number of pyridine rings is 1. The fourth-order valence-electron chi connectivity index (χ4n) is 1.96. The third-order valence-corrected chi connectivity index (χ3v) is 3.35. The summed E-state index contributed by atoms with van der Waals surface area (Å²) >= 11 is 0. The minimum Gasteiger partial charge on any atom is -0.397 e. The van der Waals surface area contributed by atoms with Gasteiger partial charge in [0, 0.05) is 18.4 Å². The Balaban J connectivity index is 1.88. The van der Waals surface area contributed by atoms with Crippen molar-refractivity contribution >= 4 is 23.2 Å². The van der Waals surface area contributed by atoms with E-state index in [0.717, 1.165) is 5.56 Å². The van der Waals surface area contributed by atoms with Crippen LogP contribution in [0.2, 0.25) is 0 Å². The number of amides is 1. The molecule has 0 atom stereocenters. The van der Waals surface area contributed by atoms with Gasteiger partial charge in [-0.05, 0) is 26.0 Å². The van der Waals surface area contributed by atoms with Crippen molar-refractivity contribution in [2.75, 3.05) is 11.1 Å². The zero-order valence-corrected chi connectivity index (χ0v) is 12.7. The standard InChI is InChI=1S/C17H19N3O2/c1-11-3-5-13(6-4-11)15(21)8-10-17(22)20-16-9-7-14(18)12(2)19-16/h3-7,9H,8,10,18H2,1-2H3,(H,19,20,22). The Morgan fingerprint density at radius 1 is 1.05 bits per heavy atom. The molecule has 0 fully saturated rings. The summed E-state index contributed by atoms with van der Waals surface area (Å²) in [4.78, 5) is 28.0. The Morgan fingerprint density at radius 3 is 2.36 bits per heavy atom. The maximum Gasteiger partial charge on any atom is 0.225 e. The third-order valence-electron chi connectivity index (χ3n) is 3.35. The number of aromatic nitrogens is 1. The van der Waals surface area contributed by atoms with E-state index in [1.165, 1.54) is 0 Å². The number of carbonyl (C=O) groups excluding carboxylic acids is 2. The molecular weight excluding hydrogens is 278 g/mol. The van der Waals surface area contributed by atoms with Crippen molar-refractivity contribution in [3.05, 3.63) is 53.2 Å². The van der Waals surface area contributed by atoms with Crippen LogP contribution in [0.25, 0.3) is 0 Å². The fourth-order valence-corrected chi connectivity index (χ4v) is 1.96. The molecular formula is C17H19N3O2. The van der Waals surface area contributed by atoms with Gasteiger partial charge in [-0.2, -0.15) is 0 Å². The topological polar surface area (TPSA) is 85.1 Å². The molecule has 1 amide bonds. The number of nitrogens with two attached hydrogens (primary N) is 1. The highest BCUT2D eigenvalue weighted by atomic mass is 16.2. The number of ketones is 1. The van der Waals surface area contributed by atoms with E-state index in [2.05, 4.69) is 10.3 Å². The van der Waals surface area contributed by atoms with Crippen molar-refractivity contribution in [2.45, 2.75) is 26.7 Å². The van der Waals surface area contributed by atoms with Crippen LogP contribution in [0.1, 0.15) is 34.5 Å². The van der Waals surface area contributed by atoms with Gasteiger partial charge in [0.25, 0.3) is 0 Å². The first-order chi connectivity index (χ1) is 10.5. The predicted octanol–water partition coefficient (Wildman–Crippen LogP) is 2.88. The summed E-state index contributed by atoms with van der Waals surface area (Å²) in [5.74, 6) is 0.160. The number of benzene rings is 1. The summed E-state index contributed by atoms with van der Waals surface area (Å²) in [6, 6.07) is 10.7. The minimum atomic E-state index is -0.239. The molecule has 0 aliphatic rings. The maximum atomic E-state index is 12.0. The maximum absolute atomic E-state index is 12.0. The van der Waals surface area contributed by atoms with Gasteiger partial charge in [0.05, 0.1) is 11.4 Å². The van der Waals surface area contributed by atoms with Crippen molar-refractivity contribution in [2.24, 2.45) is 0 Å². The largest absolute Gasteiger partial charge is 0.397 e. The predicted molar refractivity (Wildman–Crippen MR) is 86.8 cm³/mol. The quantitative estimate of drug-likeness (QED) is 0.831. The SMILES string of the molecule is Cc1ccc(C(=O)CCC(=O)Nc2ccc(N)c(C)n2)cc1. The second-order valence-electron chi connectivity index (χ2n) is 5.21. The van der Waals surface area contributed by atoms with Crippen molar-refractivity contribution in [1.29, 1.82) is 0 Å². The highest BCUT2D eigenvalue weighted by molar-refractivity contribution is 5.99. The molecule has 22 heavy (non-hydrogen) atoms. The molecule has 1 aromatic heterocycles. The molecule has 5 nitrogen and oxygen atoms in total. The number of rotatable bonds is 5. The van der Waals surface area contributed by atoms with Crippen molar-refractivity contribution in [1.82, 2.24) is 4.98 Å². The second-order valence-corrected chi connectivity index (χ2v) is 5.21. The average molecular weight is 297 g/mol. The smallest absolute Gasteiger partial charge is 0.225 e. The minimum absolute atomic E-state index is 0.0448. The van der Waals surface area contributed by atoms with E-state index in [9.17, 15) is 9.59 Å². The van der Waals surface area contributed by atoms with Gasteiger partial charge >= 0.3 is 0 Å². The number of hydrogen-bond donors (Lipinski definition) is 2. The number of nitrogens with zero attached hydrogens (tertiary/aromatic N) is 1. The third kappa shape index (κ3) is 4.15. The molecule has 0 aliphatic heterocycles. The summed E-state index contributed by atoms with van der Waals surface area (Å²) in [6.45, 7) is 3.73. The van der Waals surface area contributed by atoms with E-state index in [1.807, 2.05) is 19.1 Å². The molecule has 0 spiro atoms. The van der Waals surface area contributed by atoms with Crippen LogP contribution in [0.4, 0.5) is 11.5 Å². The van der Waals surface area contributed by atoms with Crippen LogP contribution in [0.5, 0.6) is 0 Å². The molecule has 2 aromatic rings. The highest BCUT2D eigenvalue weighted by Gasteiger charge is 2.10. The molecule has 1 aromatic carbocycles. The molecule has 0 unspecified atom stereocenters. The van der Waals surface area contributed by atoms with Gasteiger partial charge in [0.15, 0.2) is 5.78 Å². The van der Waals surface area contributed by atoms with E-state index in [-0.39, 0.29) is 24.5 Å². The Morgan fingerprint density at radius 2 is 1.73 bits per heavy atom. The zero-order valence-electron chi connectivity index (χ0n) is 12.7. The summed E-state index contributed by atoms with van der Waals surface area (Å²) in [7, 11) is 0. The van der Waals surface area contributed by atoms with Crippen LogP contribution in [-0.4, -0.2) is 16.7 Å². The zero-order chi connectivity index (χ0) is 16.1. The number of carbonyl (C=O) groups is 2. The van der Waals surface area contributed by atoms with Crippen molar-refractivity contribution in [3.63, 3.8) is 0 Å². The molecule has 0 saturated heterocycles. The van der Waals surface area contributed by atoms with Gasteiger partial charge in [-0.15, -0.1) is 0 Å². The van der Waals surface area contributed by atoms with E-state index < -0.39 is 0 Å². The molecule has 0 bridgehead atoms. The lowest BCUT2D eigenvalue weighted by Crippen LogP contribution is -2.14. The Labute approximate surface area is 129 Å². The van der Waals surface area contributed by atoms with Gasteiger partial charge in [0.2, 0.25) is 5.91 Å². The number of nitrogen functional groups attached to an aromatic ring is 1. The van der Waals surface area contributed by atoms with E-state index in [1.54, 1.807) is 31.2 Å². The Hall–Kier alpha value is -2.69. The molecule has 1 heterocycles. The Bertz CT molecular complexity index is 694. The lowest BCUT2D eigenvalue weighted by atomic mass is 10.1. The van der Waals surface area contributed by atoms with Crippen molar-refractivity contribution < 1.29 is 9.59 Å².